The number of alkyl halides is 2. The van der Waals surface area contributed by atoms with Crippen molar-refractivity contribution in [2.24, 2.45) is 0 Å². The zero-order chi connectivity index (χ0) is 11.5. The van der Waals surface area contributed by atoms with E-state index in [2.05, 4.69) is 0 Å². The number of hydrogen-bond acceptors (Lipinski definition) is 0. The monoisotopic (exact) mass is 238 g/mol. The van der Waals surface area contributed by atoms with E-state index in [1.807, 2.05) is 12.1 Å². The van der Waals surface area contributed by atoms with Gasteiger partial charge in [-0.15, -0.1) is 0 Å². The van der Waals surface area contributed by atoms with Crippen LogP contribution in [0.4, 0.5) is 8.78 Å². The van der Waals surface area contributed by atoms with Gasteiger partial charge in [0.1, 0.15) is 0 Å². The minimum atomic E-state index is -2.42. The quantitative estimate of drug-likeness (QED) is 0.695. The molecule has 0 saturated carbocycles. The fraction of sp³-hybridized carbons (Fsp3) is 0.0769. The van der Waals surface area contributed by atoms with E-state index < -0.39 is 6.43 Å². The summed E-state index contributed by atoms with van der Waals surface area (Å²) in [6, 6.07) is 13.5. The van der Waals surface area contributed by atoms with E-state index in [1.54, 1.807) is 24.3 Å². The van der Waals surface area contributed by atoms with Gasteiger partial charge in [0.25, 0.3) is 6.43 Å². The van der Waals surface area contributed by atoms with E-state index >= 15 is 0 Å². The van der Waals surface area contributed by atoms with E-state index in [0.717, 1.165) is 11.1 Å². The van der Waals surface area contributed by atoms with Crippen molar-refractivity contribution in [1.82, 2.24) is 0 Å². The van der Waals surface area contributed by atoms with Gasteiger partial charge < -0.3 is 0 Å². The van der Waals surface area contributed by atoms with Gasteiger partial charge in [-0.25, -0.2) is 8.78 Å². The van der Waals surface area contributed by atoms with Gasteiger partial charge >= 0.3 is 0 Å². The highest BCUT2D eigenvalue weighted by Crippen LogP contribution is 2.25. The van der Waals surface area contributed by atoms with Crippen LogP contribution in [0.15, 0.2) is 48.5 Å². The largest absolute Gasteiger partial charge is 0.263 e. The molecule has 0 unspecified atom stereocenters. The van der Waals surface area contributed by atoms with E-state index in [4.69, 9.17) is 11.6 Å². The molecule has 0 fully saturated rings. The Kier molecular flexibility index (Phi) is 3.20. The molecule has 0 amide bonds. The lowest BCUT2D eigenvalue weighted by Crippen LogP contribution is -1.84. The number of halogens is 3. The van der Waals surface area contributed by atoms with Crippen molar-refractivity contribution in [3.05, 3.63) is 59.1 Å². The highest BCUT2D eigenvalue weighted by atomic mass is 35.5. The molecule has 2 aromatic carbocycles. The summed E-state index contributed by atoms with van der Waals surface area (Å²) >= 11 is 5.77. The van der Waals surface area contributed by atoms with Crippen LogP contribution in [0, 0.1) is 0 Å². The lowest BCUT2D eigenvalue weighted by atomic mass is 10.0. The molecule has 0 nitrogen and oxygen atoms in total. The van der Waals surface area contributed by atoms with Crippen LogP contribution in [0.5, 0.6) is 0 Å². The molecule has 0 N–H and O–H groups in total. The Morgan fingerprint density at radius 1 is 0.750 bits per heavy atom. The zero-order valence-electron chi connectivity index (χ0n) is 8.33. The van der Waals surface area contributed by atoms with Crippen LogP contribution in [-0.2, 0) is 0 Å². The van der Waals surface area contributed by atoms with E-state index in [1.165, 1.54) is 12.1 Å². The highest BCUT2D eigenvalue weighted by molar-refractivity contribution is 6.30. The Labute approximate surface area is 97.5 Å². The van der Waals surface area contributed by atoms with Gasteiger partial charge in [-0.2, -0.15) is 0 Å². The first-order valence-corrected chi connectivity index (χ1v) is 5.18. The van der Waals surface area contributed by atoms with Crippen molar-refractivity contribution in [3.63, 3.8) is 0 Å². The van der Waals surface area contributed by atoms with Crippen LogP contribution >= 0.6 is 11.6 Å². The lowest BCUT2D eigenvalue weighted by Gasteiger charge is -2.03. The molecule has 0 saturated heterocycles. The van der Waals surface area contributed by atoms with Crippen LogP contribution in [0.2, 0.25) is 5.02 Å². The Balaban J connectivity index is 2.31. The second-order valence-electron chi connectivity index (χ2n) is 3.43. The summed E-state index contributed by atoms with van der Waals surface area (Å²) in [7, 11) is 0. The summed E-state index contributed by atoms with van der Waals surface area (Å²) in [6.07, 6.45) is -2.42. The summed E-state index contributed by atoms with van der Waals surface area (Å²) < 4.78 is 24.7. The molecule has 0 aliphatic rings. The molecule has 2 aromatic rings. The SMILES string of the molecule is FC(F)c1ccc(-c2ccc(Cl)cc2)cc1. The Hall–Kier alpha value is -1.41. The van der Waals surface area contributed by atoms with Gasteiger partial charge in [-0.3, -0.25) is 0 Å². The van der Waals surface area contributed by atoms with Crippen molar-refractivity contribution in [3.8, 4) is 11.1 Å². The van der Waals surface area contributed by atoms with Gasteiger partial charge in [0.05, 0.1) is 0 Å². The minimum absolute atomic E-state index is 0.0395. The molecule has 0 aliphatic carbocycles. The molecule has 0 heterocycles. The van der Waals surface area contributed by atoms with Crippen LogP contribution in [0.25, 0.3) is 11.1 Å². The molecular weight excluding hydrogens is 230 g/mol. The molecule has 2 rings (SSSR count). The smallest absolute Gasteiger partial charge is 0.205 e. The standard InChI is InChI=1S/C13H9ClF2/c14-12-7-5-10(6-8-12)9-1-3-11(4-2-9)13(15)16/h1-8,13H. The molecule has 0 bridgehead atoms. The Bertz CT molecular complexity index is 460. The molecule has 3 heteroatoms. The topological polar surface area (TPSA) is 0 Å². The second kappa shape index (κ2) is 4.62. The summed E-state index contributed by atoms with van der Waals surface area (Å²) in [5.41, 5.74) is 1.91. The summed E-state index contributed by atoms with van der Waals surface area (Å²) in [5.74, 6) is 0. The van der Waals surface area contributed by atoms with Gasteiger partial charge in [0.2, 0.25) is 0 Å². The van der Waals surface area contributed by atoms with Crippen LogP contribution in [-0.4, -0.2) is 0 Å². The second-order valence-corrected chi connectivity index (χ2v) is 3.87. The summed E-state index contributed by atoms with van der Waals surface area (Å²) in [4.78, 5) is 0. The first-order chi connectivity index (χ1) is 7.66. The molecule has 82 valence electrons. The predicted molar refractivity (Wildman–Crippen MR) is 61.8 cm³/mol. The lowest BCUT2D eigenvalue weighted by molar-refractivity contribution is 0.151. The van der Waals surface area contributed by atoms with Crippen molar-refractivity contribution in [2.75, 3.05) is 0 Å². The van der Waals surface area contributed by atoms with Gasteiger partial charge in [-0.1, -0.05) is 48.0 Å². The van der Waals surface area contributed by atoms with Gasteiger partial charge in [0.15, 0.2) is 0 Å². The van der Waals surface area contributed by atoms with Crippen LogP contribution < -0.4 is 0 Å². The van der Waals surface area contributed by atoms with Crippen LogP contribution in [0.3, 0.4) is 0 Å². The normalized spacial score (nSPS) is 10.8. The molecule has 16 heavy (non-hydrogen) atoms. The van der Waals surface area contributed by atoms with Gasteiger partial charge in [0, 0.05) is 10.6 Å². The average molecular weight is 239 g/mol. The number of rotatable bonds is 2. The van der Waals surface area contributed by atoms with E-state index in [0.29, 0.717) is 5.02 Å². The summed E-state index contributed by atoms with van der Waals surface area (Å²) in [6.45, 7) is 0. The maximum atomic E-state index is 12.3. The fourth-order valence-corrected chi connectivity index (χ4v) is 1.59. The summed E-state index contributed by atoms with van der Waals surface area (Å²) in [5, 5.41) is 0.660. The third kappa shape index (κ3) is 2.39. The van der Waals surface area contributed by atoms with E-state index in [9.17, 15) is 8.78 Å². The van der Waals surface area contributed by atoms with Crippen LogP contribution in [0.1, 0.15) is 12.0 Å². The highest BCUT2D eigenvalue weighted by Gasteiger charge is 2.06. The average Bonchev–Trinajstić information content (AvgIpc) is 2.30. The van der Waals surface area contributed by atoms with Crippen molar-refractivity contribution < 1.29 is 8.78 Å². The maximum absolute atomic E-state index is 12.3. The third-order valence-corrected chi connectivity index (χ3v) is 2.59. The Morgan fingerprint density at radius 3 is 1.62 bits per heavy atom. The zero-order valence-corrected chi connectivity index (χ0v) is 9.09. The maximum Gasteiger partial charge on any atom is 0.263 e. The first kappa shape index (κ1) is 11.1. The predicted octanol–water partition coefficient (Wildman–Crippen LogP) is 4.94. The molecule has 0 radical (unpaired) electrons. The van der Waals surface area contributed by atoms with Crippen molar-refractivity contribution in [1.29, 1.82) is 0 Å². The fourth-order valence-electron chi connectivity index (χ4n) is 1.46. The van der Waals surface area contributed by atoms with Crippen molar-refractivity contribution >= 4 is 11.6 Å². The number of benzene rings is 2. The molecule has 0 aromatic heterocycles. The third-order valence-electron chi connectivity index (χ3n) is 2.34. The molecule has 0 spiro atoms. The molecule has 0 atom stereocenters. The molecule has 0 aliphatic heterocycles. The first-order valence-electron chi connectivity index (χ1n) is 4.81. The van der Waals surface area contributed by atoms with Gasteiger partial charge in [-0.05, 0) is 23.3 Å². The molecular formula is C13H9ClF2. The van der Waals surface area contributed by atoms with E-state index in [-0.39, 0.29) is 5.56 Å². The Morgan fingerprint density at radius 2 is 1.19 bits per heavy atom. The van der Waals surface area contributed by atoms with Crippen molar-refractivity contribution in [2.45, 2.75) is 6.43 Å². The minimum Gasteiger partial charge on any atom is -0.205 e. The number of hydrogen-bond donors (Lipinski definition) is 0.